The minimum atomic E-state index is -0.909. The molecule has 7 nitrogen and oxygen atoms in total. The molecule has 0 heterocycles. The first-order valence-corrected chi connectivity index (χ1v) is 8.90. The Hall–Kier alpha value is -3.61. The van der Waals surface area contributed by atoms with Crippen LogP contribution in [0.15, 0.2) is 54.6 Å². The number of esters is 1. The Labute approximate surface area is 169 Å². The maximum absolute atomic E-state index is 12.3. The van der Waals surface area contributed by atoms with Crippen LogP contribution >= 0.6 is 0 Å². The molecule has 0 saturated carbocycles. The van der Waals surface area contributed by atoms with Crippen molar-refractivity contribution in [2.75, 3.05) is 20.8 Å². The second-order valence-corrected chi connectivity index (χ2v) is 6.07. The van der Waals surface area contributed by atoms with Gasteiger partial charge in [0.05, 0.1) is 19.8 Å². The number of Topliss-reactive ketones (excluding diaryl/α,β-unsaturated/α-hetero) is 1. The van der Waals surface area contributed by atoms with E-state index in [-0.39, 0.29) is 5.56 Å². The summed E-state index contributed by atoms with van der Waals surface area (Å²) in [7, 11) is 2.93. The predicted octanol–water partition coefficient (Wildman–Crippen LogP) is 2.65. The first kappa shape index (κ1) is 21.7. The number of hydrogen-bond donors (Lipinski definition) is 1. The van der Waals surface area contributed by atoms with Gasteiger partial charge in [-0.2, -0.15) is 0 Å². The number of amides is 1. The van der Waals surface area contributed by atoms with Crippen LogP contribution in [0.1, 0.15) is 22.8 Å². The zero-order valence-corrected chi connectivity index (χ0v) is 16.5. The van der Waals surface area contributed by atoms with E-state index in [4.69, 9.17) is 14.2 Å². The van der Waals surface area contributed by atoms with Crippen LogP contribution in [-0.4, -0.2) is 44.5 Å². The molecule has 29 heavy (non-hydrogen) atoms. The van der Waals surface area contributed by atoms with Crippen LogP contribution in [-0.2, 0) is 14.3 Å². The quantitative estimate of drug-likeness (QED) is 0.397. The fraction of sp³-hybridized carbons (Fsp3) is 0.227. The third-order valence-electron chi connectivity index (χ3n) is 3.99. The van der Waals surface area contributed by atoms with Crippen molar-refractivity contribution in [3.05, 3.63) is 65.7 Å². The number of ketones is 1. The monoisotopic (exact) mass is 397 g/mol. The minimum absolute atomic E-state index is 0.267. The normalized spacial score (nSPS) is 11.6. The summed E-state index contributed by atoms with van der Waals surface area (Å²) in [5.74, 6) is -0.734. The van der Waals surface area contributed by atoms with Gasteiger partial charge in [0, 0.05) is 12.1 Å². The number of carbonyl (C=O) groups excluding carboxylic acids is 3. The molecule has 0 aliphatic rings. The van der Waals surface area contributed by atoms with E-state index in [9.17, 15) is 14.4 Å². The van der Waals surface area contributed by atoms with Gasteiger partial charge in [0.25, 0.3) is 0 Å². The lowest BCUT2D eigenvalue weighted by Gasteiger charge is -2.13. The summed E-state index contributed by atoms with van der Waals surface area (Å²) >= 11 is 0. The molecule has 0 spiro atoms. The molecule has 7 heteroatoms. The fourth-order valence-corrected chi connectivity index (χ4v) is 2.42. The zero-order chi connectivity index (χ0) is 21.2. The molecule has 1 amide bonds. The average molecular weight is 397 g/mol. The highest BCUT2D eigenvalue weighted by molar-refractivity contribution is 6.01. The molecular weight excluding hydrogens is 374 g/mol. The molecule has 0 aliphatic carbocycles. The molecule has 152 valence electrons. The Balaban J connectivity index is 1.87. The topological polar surface area (TPSA) is 90.9 Å². The first-order chi connectivity index (χ1) is 13.9. The number of rotatable bonds is 9. The van der Waals surface area contributed by atoms with Crippen LogP contribution in [0.3, 0.4) is 0 Å². The van der Waals surface area contributed by atoms with Crippen LogP contribution in [0.2, 0.25) is 0 Å². The summed E-state index contributed by atoms with van der Waals surface area (Å²) in [6.07, 6.45) is 2.96. The van der Waals surface area contributed by atoms with Crippen molar-refractivity contribution >= 4 is 23.7 Å². The Bertz CT molecular complexity index is 891. The van der Waals surface area contributed by atoms with Crippen molar-refractivity contribution in [1.29, 1.82) is 0 Å². The van der Waals surface area contributed by atoms with Crippen LogP contribution < -0.4 is 14.8 Å². The van der Waals surface area contributed by atoms with Gasteiger partial charge in [0.15, 0.2) is 6.61 Å². The molecule has 0 fully saturated rings. The molecule has 0 aromatic heterocycles. The molecule has 0 saturated heterocycles. The predicted molar refractivity (Wildman–Crippen MR) is 108 cm³/mol. The molecule has 2 aromatic rings. The van der Waals surface area contributed by atoms with Crippen molar-refractivity contribution in [3.8, 4) is 11.5 Å². The Kier molecular flexibility index (Phi) is 7.97. The van der Waals surface area contributed by atoms with E-state index in [0.29, 0.717) is 11.5 Å². The highest BCUT2D eigenvalue weighted by Gasteiger charge is 2.19. The van der Waals surface area contributed by atoms with Gasteiger partial charge in [0.2, 0.25) is 11.7 Å². The van der Waals surface area contributed by atoms with E-state index >= 15 is 0 Å². The molecule has 2 rings (SSSR count). The van der Waals surface area contributed by atoms with E-state index in [0.717, 1.165) is 5.56 Å². The Morgan fingerprint density at radius 3 is 2.41 bits per heavy atom. The lowest BCUT2D eigenvalue weighted by Crippen LogP contribution is -2.39. The maximum atomic E-state index is 12.3. The first-order valence-electron chi connectivity index (χ1n) is 8.90. The van der Waals surface area contributed by atoms with Crippen molar-refractivity contribution in [3.63, 3.8) is 0 Å². The summed E-state index contributed by atoms with van der Waals surface area (Å²) in [4.78, 5) is 36.3. The third kappa shape index (κ3) is 6.49. The van der Waals surface area contributed by atoms with Crippen LogP contribution in [0.25, 0.3) is 6.08 Å². The number of carbonyl (C=O) groups is 3. The Morgan fingerprint density at radius 1 is 1.03 bits per heavy atom. The van der Waals surface area contributed by atoms with Gasteiger partial charge in [-0.25, -0.2) is 4.79 Å². The van der Waals surface area contributed by atoms with Gasteiger partial charge in [-0.1, -0.05) is 30.3 Å². The van der Waals surface area contributed by atoms with Gasteiger partial charge in [0.1, 0.15) is 17.5 Å². The van der Waals surface area contributed by atoms with E-state index in [1.165, 1.54) is 33.3 Å². The number of methoxy groups -OCH3 is 2. The lowest BCUT2D eigenvalue weighted by molar-refractivity contribution is -0.145. The summed E-state index contributed by atoms with van der Waals surface area (Å²) in [5, 5.41) is 2.50. The molecular formula is C22H23NO6. The van der Waals surface area contributed by atoms with Gasteiger partial charge in [-0.15, -0.1) is 0 Å². The summed E-state index contributed by atoms with van der Waals surface area (Å²) in [5.41, 5.74) is 1.13. The van der Waals surface area contributed by atoms with E-state index < -0.39 is 30.3 Å². The SMILES string of the molecule is COc1ccc(C(=O)COC(=O)[C@H](C)NC(=O)/C=C/c2ccccc2)c(OC)c1. The fourth-order valence-electron chi connectivity index (χ4n) is 2.42. The van der Waals surface area contributed by atoms with Crippen molar-refractivity contribution in [1.82, 2.24) is 5.32 Å². The largest absolute Gasteiger partial charge is 0.497 e. The van der Waals surface area contributed by atoms with Crippen LogP contribution in [0.5, 0.6) is 11.5 Å². The molecule has 2 aromatic carbocycles. The van der Waals surface area contributed by atoms with Gasteiger partial charge < -0.3 is 19.5 Å². The number of benzene rings is 2. The third-order valence-corrected chi connectivity index (χ3v) is 3.99. The van der Waals surface area contributed by atoms with Gasteiger partial charge in [-0.05, 0) is 30.7 Å². The average Bonchev–Trinajstić information content (AvgIpc) is 2.75. The second kappa shape index (κ2) is 10.7. The van der Waals surface area contributed by atoms with E-state index in [2.05, 4.69) is 5.32 Å². The van der Waals surface area contributed by atoms with E-state index in [1.54, 1.807) is 18.2 Å². The van der Waals surface area contributed by atoms with Crippen LogP contribution in [0, 0.1) is 0 Å². The molecule has 0 radical (unpaired) electrons. The summed E-state index contributed by atoms with van der Waals surface area (Å²) < 4.78 is 15.3. The molecule has 0 aliphatic heterocycles. The number of hydrogen-bond acceptors (Lipinski definition) is 6. The zero-order valence-electron chi connectivity index (χ0n) is 16.5. The number of nitrogens with one attached hydrogen (secondary N) is 1. The highest BCUT2D eigenvalue weighted by Crippen LogP contribution is 2.25. The summed E-state index contributed by atoms with van der Waals surface area (Å²) in [6.45, 7) is 1.01. The van der Waals surface area contributed by atoms with E-state index in [1.807, 2.05) is 30.3 Å². The highest BCUT2D eigenvalue weighted by atomic mass is 16.5. The smallest absolute Gasteiger partial charge is 0.328 e. The molecule has 0 bridgehead atoms. The van der Waals surface area contributed by atoms with Crippen LogP contribution in [0.4, 0.5) is 0 Å². The van der Waals surface area contributed by atoms with Crippen molar-refractivity contribution in [2.45, 2.75) is 13.0 Å². The molecule has 1 N–H and O–H groups in total. The molecule has 1 atom stereocenters. The van der Waals surface area contributed by atoms with Gasteiger partial charge in [-0.3, -0.25) is 9.59 Å². The van der Waals surface area contributed by atoms with Crippen molar-refractivity contribution < 1.29 is 28.6 Å². The van der Waals surface area contributed by atoms with Gasteiger partial charge >= 0.3 is 5.97 Å². The van der Waals surface area contributed by atoms with Crippen molar-refractivity contribution in [2.24, 2.45) is 0 Å². The molecule has 0 unspecified atom stereocenters. The Morgan fingerprint density at radius 2 is 1.76 bits per heavy atom. The summed E-state index contributed by atoms with van der Waals surface area (Å²) in [6, 6.07) is 13.1. The maximum Gasteiger partial charge on any atom is 0.328 e. The number of ether oxygens (including phenoxy) is 3. The standard InChI is InChI=1S/C22H23NO6/c1-15(23-21(25)12-9-16-7-5-4-6-8-16)22(26)29-14-19(24)18-11-10-17(27-2)13-20(18)28-3/h4-13,15H,14H2,1-3H3,(H,23,25)/b12-9+/t15-/m0/s1. The lowest BCUT2D eigenvalue weighted by atomic mass is 10.1. The minimum Gasteiger partial charge on any atom is -0.497 e. The second-order valence-electron chi connectivity index (χ2n) is 6.07.